The van der Waals surface area contributed by atoms with E-state index in [0.717, 1.165) is 11.3 Å². The fourth-order valence-electron chi connectivity index (χ4n) is 2.55. The van der Waals surface area contributed by atoms with Gasteiger partial charge >= 0.3 is 12.2 Å². The average molecular weight is 384 g/mol. The first-order chi connectivity index (χ1) is 12.1. The molecule has 1 aliphatic heterocycles. The second kappa shape index (κ2) is 8.35. The Bertz CT molecular complexity index is 662. The number of amides is 3. The molecule has 0 unspecified atom stereocenters. The van der Waals surface area contributed by atoms with Crippen molar-refractivity contribution in [2.24, 2.45) is 0 Å². The molecule has 0 aromatic carbocycles. The van der Waals surface area contributed by atoms with Gasteiger partial charge in [0.05, 0.1) is 12.1 Å². The molecule has 2 heterocycles. The summed E-state index contributed by atoms with van der Waals surface area (Å²) in [5, 5.41) is 15.6. The van der Waals surface area contributed by atoms with Gasteiger partial charge in [-0.25, -0.2) is 14.6 Å². The third-order valence-electron chi connectivity index (χ3n) is 3.67. The molecular weight excluding hydrogens is 360 g/mol. The molecule has 0 saturated carbocycles. The molecule has 3 amide bonds. The normalized spacial score (nSPS) is 15.4. The lowest BCUT2D eigenvalue weighted by Crippen LogP contribution is -2.48. The van der Waals surface area contributed by atoms with Gasteiger partial charge < -0.3 is 20.1 Å². The van der Waals surface area contributed by atoms with Gasteiger partial charge in [-0.1, -0.05) is 0 Å². The number of piperidine rings is 1. The van der Waals surface area contributed by atoms with E-state index in [1.807, 2.05) is 20.8 Å². The number of nitrogens with one attached hydrogen (secondary N) is 2. The van der Waals surface area contributed by atoms with Gasteiger partial charge in [-0.05, 0) is 33.6 Å². The lowest BCUT2D eigenvalue weighted by Gasteiger charge is -2.32. The van der Waals surface area contributed by atoms with Gasteiger partial charge in [-0.3, -0.25) is 10.1 Å². The van der Waals surface area contributed by atoms with Crippen LogP contribution in [0.25, 0.3) is 0 Å². The van der Waals surface area contributed by atoms with E-state index in [0.29, 0.717) is 31.6 Å². The molecule has 0 radical (unpaired) electrons. The first kappa shape index (κ1) is 20.0. The summed E-state index contributed by atoms with van der Waals surface area (Å²) in [6, 6.07) is -0.0143. The lowest BCUT2D eigenvalue weighted by atomic mass is 10.0. The maximum Gasteiger partial charge on any atom is 0.410 e. The van der Waals surface area contributed by atoms with Gasteiger partial charge in [0, 0.05) is 24.5 Å². The molecule has 1 aliphatic rings. The zero-order chi connectivity index (χ0) is 19.3. The molecule has 26 heavy (non-hydrogen) atoms. The van der Waals surface area contributed by atoms with Gasteiger partial charge in [0.25, 0.3) is 0 Å². The van der Waals surface area contributed by atoms with E-state index in [4.69, 9.17) is 9.84 Å². The Morgan fingerprint density at radius 3 is 2.58 bits per heavy atom. The van der Waals surface area contributed by atoms with Crippen molar-refractivity contribution >= 4 is 34.6 Å². The molecule has 1 saturated heterocycles. The Kier molecular flexibility index (Phi) is 6.41. The summed E-state index contributed by atoms with van der Waals surface area (Å²) in [4.78, 5) is 40.5. The van der Waals surface area contributed by atoms with Crippen LogP contribution >= 0.6 is 11.3 Å². The number of carbonyl (C=O) groups is 3. The van der Waals surface area contributed by atoms with E-state index in [1.165, 1.54) is 0 Å². The number of carboxylic acid groups (broad SMARTS) is 1. The summed E-state index contributed by atoms with van der Waals surface area (Å²) in [6.07, 6.45) is -0.177. The molecule has 0 aliphatic carbocycles. The van der Waals surface area contributed by atoms with Crippen LogP contribution in [0, 0.1) is 0 Å². The van der Waals surface area contributed by atoms with Crippen molar-refractivity contribution in [1.29, 1.82) is 0 Å². The lowest BCUT2D eigenvalue weighted by molar-refractivity contribution is -0.131. The van der Waals surface area contributed by atoms with Crippen LogP contribution in [-0.2, 0) is 16.0 Å². The molecule has 1 fully saturated rings. The van der Waals surface area contributed by atoms with E-state index in [2.05, 4.69) is 15.6 Å². The summed E-state index contributed by atoms with van der Waals surface area (Å²) >= 11 is 1.14. The SMILES string of the molecule is CC(C)(C)OC(=O)NC1CCN(C(=O)Cc2csc(NC(=O)O)n2)CC1. The highest BCUT2D eigenvalue weighted by molar-refractivity contribution is 7.13. The summed E-state index contributed by atoms with van der Waals surface area (Å²) in [5.74, 6) is -0.0621. The molecule has 0 spiro atoms. The Hall–Kier alpha value is -2.36. The predicted molar refractivity (Wildman–Crippen MR) is 96.4 cm³/mol. The number of ether oxygens (including phenoxy) is 1. The first-order valence-electron chi connectivity index (χ1n) is 8.34. The van der Waals surface area contributed by atoms with Crippen molar-refractivity contribution in [2.45, 2.75) is 51.7 Å². The number of thiazole rings is 1. The number of hydrogen-bond donors (Lipinski definition) is 3. The third kappa shape index (κ3) is 6.51. The van der Waals surface area contributed by atoms with E-state index >= 15 is 0 Å². The van der Waals surface area contributed by atoms with Gasteiger partial charge in [-0.15, -0.1) is 11.3 Å². The van der Waals surface area contributed by atoms with Gasteiger partial charge in [0.2, 0.25) is 5.91 Å². The number of aromatic nitrogens is 1. The van der Waals surface area contributed by atoms with Crippen molar-refractivity contribution in [3.8, 4) is 0 Å². The van der Waals surface area contributed by atoms with E-state index in [9.17, 15) is 14.4 Å². The largest absolute Gasteiger partial charge is 0.465 e. The van der Waals surface area contributed by atoms with Gasteiger partial charge in [0.1, 0.15) is 5.60 Å². The number of alkyl carbamates (subject to hydrolysis) is 1. The number of hydrogen-bond acceptors (Lipinski definition) is 6. The summed E-state index contributed by atoms with van der Waals surface area (Å²) in [7, 11) is 0. The van der Waals surface area contributed by atoms with Crippen molar-refractivity contribution in [1.82, 2.24) is 15.2 Å². The maximum absolute atomic E-state index is 12.4. The Morgan fingerprint density at radius 1 is 1.35 bits per heavy atom. The highest BCUT2D eigenvalue weighted by Crippen LogP contribution is 2.18. The first-order valence-corrected chi connectivity index (χ1v) is 9.22. The van der Waals surface area contributed by atoms with Crippen LogP contribution < -0.4 is 10.6 Å². The summed E-state index contributed by atoms with van der Waals surface area (Å²) < 4.78 is 5.24. The van der Waals surface area contributed by atoms with E-state index in [-0.39, 0.29) is 23.5 Å². The number of rotatable bonds is 4. The minimum Gasteiger partial charge on any atom is -0.465 e. The van der Waals surface area contributed by atoms with Crippen molar-refractivity contribution in [2.75, 3.05) is 18.4 Å². The van der Waals surface area contributed by atoms with Gasteiger partial charge in [0.15, 0.2) is 5.13 Å². The van der Waals surface area contributed by atoms with E-state index in [1.54, 1.807) is 10.3 Å². The topological polar surface area (TPSA) is 121 Å². The minimum atomic E-state index is -1.18. The zero-order valence-corrected chi connectivity index (χ0v) is 15.9. The highest BCUT2D eigenvalue weighted by Gasteiger charge is 2.26. The zero-order valence-electron chi connectivity index (χ0n) is 15.1. The summed E-state index contributed by atoms with van der Waals surface area (Å²) in [5.41, 5.74) is 0.000534. The third-order valence-corrected chi connectivity index (χ3v) is 4.47. The molecule has 10 heteroatoms. The standard InChI is InChI=1S/C16H24N4O5S/c1-16(2,3)25-15(24)18-10-4-6-20(7-5-10)12(21)8-11-9-26-13(17-11)19-14(22)23/h9-10H,4-8H2,1-3H3,(H,17,19)(H,18,24)(H,22,23). The fraction of sp³-hybridized carbons (Fsp3) is 0.625. The van der Waals surface area contributed by atoms with Crippen molar-refractivity contribution in [3.05, 3.63) is 11.1 Å². The number of likely N-dealkylation sites (tertiary alicyclic amines) is 1. The van der Waals surface area contributed by atoms with Crippen molar-refractivity contribution < 1.29 is 24.2 Å². The second-order valence-corrected chi connectivity index (χ2v) is 7.91. The Labute approximate surface area is 155 Å². The second-order valence-electron chi connectivity index (χ2n) is 7.05. The molecule has 0 atom stereocenters. The van der Waals surface area contributed by atoms with E-state index < -0.39 is 17.8 Å². The maximum atomic E-state index is 12.4. The van der Waals surface area contributed by atoms with Crippen LogP contribution in [0.1, 0.15) is 39.3 Å². The van der Waals surface area contributed by atoms with Crippen LogP contribution in [0.4, 0.5) is 14.7 Å². The monoisotopic (exact) mass is 384 g/mol. The Balaban J connectivity index is 1.76. The Morgan fingerprint density at radius 2 is 2.00 bits per heavy atom. The molecule has 1 aromatic heterocycles. The smallest absolute Gasteiger partial charge is 0.410 e. The molecule has 2 rings (SSSR count). The number of nitrogens with zero attached hydrogens (tertiary/aromatic N) is 2. The van der Waals surface area contributed by atoms with Crippen LogP contribution in [0.5, 0.6) is 0 Å². The molecule has 0 bridgehead atoms. The number of carbonyl (C=O) groups excluding carboxylic acids is 2. The molecule has 1 aromatic rings. The molecule has 9 nitrogen and oxygen atoms in total. The van der Waals surface area contributed by atoms with Crippen molar-refractivity contribution in [3.63, 3.8) is 0 Å². The predicted octanol–water partition coefficient (Wildman–Crippen LogP) is 2.29. The molecule has 144 valence electrons. The van der Waals surface area contributed by atoms with Gasteiger partial charge in [-0.2, -0.15) is 0 Å². The fourth-order valence-corrected chi connectivity index (χ4v) is 3.25. The quantitative estimate of drug-likeness (QED) is 0.732. The summed E-state index contributed by atoms with van der Waals surface area (Å²) in [6.45, 7) is 6.52. The number of anilines is 1. The molecule has 3 N–H and O–H groups in total. The average Bonchev–Trinajstić information content (AvgIpc) is 2.92. The van der Waals surface area contributed by atoms with Crippen LogP contribution in [0.15, 0.2) is 5.38 Å². The van der Waals surface area contributed by atoms with Crippen LogP contribution in [0.3, 0.4) is 0 Å². The van der Waals surface area contributed by atoms with Crippen LogP contribution in [-0.4, -0.2) is 57.8 Å². The minimum absolute atomic E-state index is 0.0143. The molecular formula is C16H24N4O5S. The highest BCUT2D eigenvalue weighted by atomic mass is 32.1. The van der Waals surface area contributed by atoms with Crippen LogP contribution in [0.2, 0.25) is 0 Å².